The van der Waals surface area contributed by atoms with E-state index in [1.54, 1.807) is 25.8 Å². The van der Waals surface area contributed by atoms with Gasteiger partial charge >= 0.3 is 0 Å². The fourth-order valence-electron chi connectivity index (χ4n) is 4.02. The number of hydrogen-bond acceptors (Lipinski definition) is 6. The zero-order valence-corrected chi connectivity index (χ0v) is 18.5. The normalized spacial score (nSPS) is 14.0. The molecule has 0 bridgehead atoms. The van der Waals surface area contributed by atoms with Crippen LogP contribution in [0.1, 0.15) is 22.5 Å². The van der Waals surface area contributed by atoms with Gasteiger partial charge in [-0.2, -0.15) is 0 Å². The van der Waals surface area contributed by atoms with Gasteiger partial charge in [0.05, 0.1) is 27.0 Å². The van der Waals surface area contributed by atoms with Crippen LogP contribution in [0.3, 0.4) is 0 Å². The van der Waals surface area contributed by atoms with E-state index < -0.39 is 0 Å². The third kappa shape index (κ3) is 3.85. The number of fused-ring (bicyclic) bond motifs is 2. The van der Waals surface area contributed by atoms with Gasteiger partial charge in [0.1, 0.15) is 0 Å². The van der Waals surface area contributed by atoms with Crippen molar-refractivity contribution in [3.63, 3.8) is 0 Å². The van der Waals surface area contributed by atoms with Crippen molar-refractivity contribution in [1.82, 2.24) is 19.5 Å². The first-order valence-corrected chi connectivity index (χ1v) is 9.66. The summed E-state index contributed by atoms with van der Waals surface area (Å²) < 4.78 is 18.0. The highest BCUT2D eigenvalue weighted by molar-refractivity contribution is 5.85. The first kappa shape index (κ1) is 22.0. The Hall–Kier alpha value is -2.71. The van der Waals surface area contributed by atoms with Crippen LogP contribution >= 0.6 is 12.4 Å². The van der Waals surface area contributed by atoms with Crippen molar-refractivity contribution in [2.45, 2.75) is 26.3 Å². The van der Waals surface area contributed by atoms with Gasteiger partial charge in [-0.05, 0) is 19.4 Å². The second kappa shape index (κ2) is 8.97. The number of ether oxygens (including phenoxy) is 3. The van der Waals surface area contributed by atoms with E-state index in [1.165, 1.54) is 0 Å². The van der Waals surface area contributed by atoms with Crippen LogP contribution in [-0.4, -0.2) is 53.9 Å². The molecule has 0 unspecified atom stereocenters. The maximum atomic E-state index is 12.9. The van der Waals surface area contributed by atoms with Crippen LogP contribution in [0.5, 0.6) is 17.2 Å². The number of rotatable bonds is 5. The zero-order valence-electron chi connectivity index (χ0n) is 17.7. The van der Waals surface area contributed by atoms with Gasteiger partial charge in [-0.3, -0.25) is 14.8 Å². The van der Waals surface area contributed by atoms with Gasteiger partial charge in [0.2, 0.25) is 5.75 Å². The molecule has 0 radical (unpaired) electrons. The van der Waals surface area contributed by atoms with Crippen LogP contribution in [0.4, 0.5) is 0 Å². The monoisotopic (exact) mass is 434 g/mol. The molecule has 1 aliphatic rings. The van der Waals surface area contributed by atoms with Gasteiger partial charge in [-0.25, -0.2) is 9.50 Å². The molecule has 1 aromatic carbocycles. The number of benzene rings is 1. The first-order chi connectivity index (χ1) is 14.0. The van der Waals surface area contributed by atoms with E-state index >= 15 is 0 Å². The molecule has 0 saturated carbocycles. The lowest BCUT2D eigenvalue weighted by molar-refractivity contribution is 0.268. The summed E-state index contributed by atoms with van der Waals surface area (Å²) in [4.78, 5) is 19.9. The van der Waals surface area contributed by atoms with E-state index in [0.29, 0.717) is 35.9 Å². The largest absolute Gasteiger partial charge is 0.493 e. The highest BCUT2D eigenvalue weighted by atomic mass is 35.5. The summed E-state index contributed by atoms with van der Waals surface area (Å²) in [5, 5.41) is 3.07. The quantitative estimate of drug-likeness (QED) is 0.664. The Bertz CT molecular complexity index is 1110. The Morgan fingerprint density at radius 3 is 2.50 bits per heavy atom. The third-order valence-electron chi connectivity index (χ3n) is 5.44. The number of halogens is 1. The molecule has 0 amide bonds. The van der Waals surface area contributed by atoms with Gasteiger partial charge in [0.15, 0.2) is 17.1 Å². The first-order valence-electron chi connectivity index (χ1n) is 9.66. The minimum Gasteiger partial charge on any atom is -0.493 e. The molecule has 0 atom stereocenters. The fourth-order valence-corrected chi connectivity index (χ4v) is 4.02. The van der Waals surface area contributed by atoms with Crippen molar-refractivity contribution in [3.8, 4) is 17.2 Å². The smallest absolute Gasteiger partial charge is 0.276 e. The standard InChI is InChI=1S/C21H26N4O4.ClH/c1-13-11-18-22-16-8-10-24(9-7-15(16)21(26)25(18)23-13)12-14-5-6-17(27-2)20(29-4)19(14)28-3;/h5-6,11,23H,7-10,12H2,1-4H3;1H. The Morgan fingerprint density at radius 1 is 1.07 bits per heavy atom. The molecule has 0 saturated heterocycles. The van der Waals surface area contributed by atoms with E-state index in [-0.39, 0.29) is 18.0 Å². The zero-order chi connectivity index (χ0) is 20.5. The number of H-pyrrole nitrogens is 1. The van der Waals surface area contributed by atoms with Crippen LogP contribution in [0.25, 0.3) is 5.65 Å². The lowest BCUT2D eigenvalue weighted by Crippen LogP contribution is -2.27. The highest BCUT2D eigenvalue weighted by Crippen LogP contribution is 2.40. The SMILES string of the molecule is COc1ccc(CN2CCc3nc4cc(C)[nH]n4c(=O)c3CC2)c(OC)c1OC.Cl. The molecule has 1 aliphatic heterocycles. The lowest BCUT2D eigenvalue weighted by Gasteiger charge is -2.22. The fraction of sp³-hybridized carbons (Fsp3) is 0.429. The Balaban J connectivity index is 0.00000256. The molecule has 8 nitrogen and oxygen atoms in total. The summed E-state index contributed by atoms with van der Waals surface area (Å²) in [6.45, 7) is 4.21. The molecule has 30 heavy (non-hydrogen) atoms. The van der Waals surface area contributed by atoms with Crippen LogP contribution in [0.2, 0.25) is 0 Å². The highest BCUT2D eigenvalue weighted by Gasteiger charge is 2.22. The van der Waals surface area contributed by atoms with Crippen molar-refractivity contribution < 1.29 is 14.2 Å². The van der Waals surface area contributed by atoms with Crippen molar-refractivity contribution in [1.29, 1.82) is 0 Å². The number of methoxy groups -OCH3 is 3. The second-order valence-electron chi connectivity index (χ2n) is 7.24. The van der Waals surface area contributed by atoms with Gasteiger partial charge in [-0.15, -0.1) is 12.4 Å². The van der Waals surface area contributed by atoms with E-state index in [9.17, 15) is 4.79 Å². The number of aromatic nitrogens is 3. The minimum atomic E-state index is 0. The molecule has 0 spiro atoms. The van der Waals surface area contributed by atoms with Gasteiger partial charge in [-0.1, -0.05) is 6.07 Å². The van der Waals surface area contributed by atoms with E-state index in [0.717, 1.165) is 42.0 Å². The average molecular weight is 435 g/mol. The summed E-state index contributed by atoms with van der Waals surface area (Å²) in [5.41, 5.74) is 4.33. The average Bonchev–Trinajstić information content (AvgIpc) is 2.98. The van der Waals surface area contributed by atoms with E-state index in [2.05, 4.69) is 10.00 Å². The molecule has 4 rings (SSSR count). The van der Waals surface area contributed by atoms with Crippen LogP contribution in [0.15, 0.2) is 23.0 Å². The molecule has 0 fully saturated rings. The molecule has 1 N–H and O–H groups in total. The van der Waals surface area contributed by atoms with Crippen LogP contribution in [0, 0.1) is 6.92 Å². The summed E-state index contributed by atoms with van der Waals surface area (Å²) in [6, 6.07) is 5.79. The van der Waals surface area contributed by atoms with Gasteiger partial charge < -0.3 is 14.2 Å². The van der Waals surface area contributed by atoms with Crippen LogP contribution < -0.4 is 19.8 Å². The summed E-state index contributed by atoms with van der Waals surface area (Å²) in [7, 11) is 4.85. The van der Waals surface area contributed by atoms with E-state index in [4.69, 9.17) is 19.2 Å². The van der Waals surface area contributed by atoms with E-state index in [1.807, 2.05) is 25.1 Å². The maximum Gasteiger partial charge on any atom is 0.276 e. The Labute approximate surface area is 181 Å². The number of nitrogens with zero attached hydrogens (tertiary/aromatic N) is 3. The predicted molar refractivity (Wildman–Crippen MR) is 117 cm³/mol. The van der Waals surface area contributed by atoms with Crippen LogP contribution in [-0.2, 0) is 19.4 Å². The maximum absolute atomic E-state index is 12.9. The molecule has 0 aliphatic carbocycles. The summed E-state index contributed by atoms with van der Waals surface area (Å²) >= 11 is 0. The Morgan fingerprint density at radius 2 is 1.80 bits per heavy atom. The number of aromatic amines is 1. The van der Waals surface area contributed by atoms with Crippen molar-refractivity contribution >= 4 is 18.1 Å². The van der Waals surface area contributed by atoms with Gasteiger partial charge in [0, 0.05) is 48.9 Å². The number of aryl methyl sites for hydroxylation is 1. The molecule has 3 heterocycles. The molecule has 9 heteroatoms. The number of hydrogen-bond donors (Lipinski definition) is 1. The lowest BCUT2D eigenvalue weighted by atomic mass is 10.1. The number of nitrogens with one attached hydrogen (secondary N) is 1. The molecular formula is C21H27ClN4O4. The minimum absolute atomic E-state index is 0. The van der Waals surface area contributed by atoms with Gasteiger partial charge in [0.25, 0.3) is 5.56 Å². The molecule has 3 aromatic rings. The summed E-state index contributed by atoms with van der Waals surface area (Å²) in [6.07, 6.45) is 1.40. The third-order valence-corrected chi connectivity index (χ3v) is 5.44. The second-order valence-corrected chi connectivity index (χ2v) is 7.24. The Kier molecular flexibility index (Phi) is 6.58. The topological polar surface area (TPSA) is 81.1 Å². The summed E-state index contributed by atoms with van der Waals surface area (Å²) in [5.74, 6) is 1.91. The molecular weight excluding hydrogens is 408 g/mol. The molecule has 162 valence electrons. The van der Waals surface area contributed by atoms with Crippen molar-refractivity contribution in [3.05, 3.63) is 51.1 Å². The molecule has 2 aromatic heterocycles. The predicted octanol–water partition coefficient (Wildman–Crippen LogP) is 2.38. The van der Waals surface area contributed by atoms with Crippen molar-refractivity contribution in [2.24, 2.45) is 0 Å². The van der Waals surface area contributed by atoms with Crippen molar-refractivity contribution in [2.75, 3.05) is 34.4 Å².